The zero-order valence-corrected chi connectivity index (χ0v) is 16.9. The van der Waals surface area contributed by atoms with Crippen LogP contribution in [-0.4, -0.2) is 62.7 Å². The summed E-state index contributed by atoms with van der Waals surface area (Å²) in [6.07, 6.45) is -0.306. The van der Waals surface area contributed by atoms with Crippen molar-refractivity contribution >= 4 is 57.7 Å². The number of amides is 2. The maximum Gasteiger partial charge on any atom is 0.322 e. The maximum atomic E-state index is 12.2. The summed E-state index contributed by atoms with van der Waals surface area (Å²) in [5.74, 6) is -3.70. The van der Waals surface area contributed by atoms with E-state index < -0.39 is 42.4 Å². The van der Waals surface area contributed by atoms with E-state index in [1.54, 1.807) is 12.1 Å². The summed E-state index contributed by atoms with van der Waals surface area (Å²) in [6.45, 7) is -0.605. The Morgan fingerprint density at radius 1 is 1.14 bits per heavy atom. The number of rotatable bonds is 11. The van der Waals surface area contributed by atoms with Gasteiger partial charge in [-0.05, 0) is 18.6 Å². The number of carbonyl (C=O) groups is 4. The minimum absolute atomic E-state index is 0.0425. The lowest BCUT2D eigenvalue weighted by molar-refractivity contribution is -0.139. The molecule has 12 heteroatoms. The smallest absolute Gasteiger partial charge is 0.322 e. The summed E-state index contributed by atoms with van der Waals surface area (Å²) >= 11 is 6.30. The van der Waals surface area contributed by atoms with Crippen molar-refractivity contribution in [2.45, 2.75) is 24.9 Å². The third-order valence-electron chi connectivity index (χ3n) is 3.47. The molecular weight excluding hydrogens is 420 g/mol. The number of hydrogen-bond acceptors (Lipinski definition) is 7. The largest absolute Gasteiger partial charge is 0.480 e. The van der Waals surface area contributed by atoms with Crippen LogP contribution in [0.2, 0.25) is 0 Å². The predicted molar refractivity (Wildman–Crippen MR) is 113 cm³/mol. The number of benzene rings is 1. The van der Waals surface area contributed by atoms with Crippen LogP contribution in [-0.2, 0) is 19.2 Å². The number of aliphatic carboxylic acids is 2. The first-order valence-corrected chi connectivity index (χ1v) is 9.84. The molecule has 0 saturated carbocycles. The molecule has 0 aliphatic rings. The average Bonchev–Trinajstić information content (AvgIpc) is 2.67. The van der Waals surface area contributed by atoms with Crippen molar-refractivity contribution in [3.05, 3.63) is 30.3 Å². The van der Waals surface area contributed by atoms with E-state index in [1.165, 1.54) is 0 Å². The first-order valence-electron chi connectivity index (χ1n) is 8.45. The van der Waals surface area contributed by atoms with Crippen molar-refractivity contribution in [1.82, 2.24) is 10.6 Å². The average molecular weight is 443 g/mol. The van der Waals surface area contributed by atoms with E-state index in [9.17, 15) is 19.2 Å². The highest BCUT2D eigenvalue weighted by atomic mass is 32.2. The molecule has 0 aliphatic heterocycles. The Bertz CT molecular complexity index is 747. The quantitative estimate of drug-likeness (QED) is 0.256. The van der Waals surface area contributed by atoms with Gasteiger partial charge in [-0.25, -0.2) is 0 Å². The third kappa shape index (κ3) is 10.4. The lowest BCUT2D eigenvalue weighted by Crippen LogP contribution is -2.49. The monoisotopic (exact) mass is 442 g/mol. The maximum absolute atomic E-state index is 12.2. The third-order valence-corrected chi connectivity index (χ3v) is 4.79. The highest BCUT2D eigenvalue weighted by Crippen LogP contribution is 2.12. The Labute approximate surface area is 176 Å². The van der Waals surface area contributed by atoms with Gasteiger partial charge in [0.15, 0.2) is 0 Å². The number of anilines is 1. The fraction of sp³-hybridized carbons (Fsp3) is 0.353. The number of carboxylic acids is 2. The molecule has 0 heterocycles. The summed E-state index contributed by atoms with van der Waals surface area (Å²) in [5.41, 5.74) is 6.11. The summed E-state index contributed by atoms with van der Waals surface area (Å²) in [4.78, 5) is 45.6. The molecule has 1 aromatic rings. The van der Waals surface area contributed by atoms with Crippen molar-refractivity contribution in [2.24, 2.45) is 5.73 Å². The molecule has 0 radical (unpaired) electrons. The van der Waals surface area contributed by atoms with Gasteiger partial charge in [-0.15, -0.1) is 0 Å². The van der Waals surface area contributed by atoms with E-state index in [2.05, 4.69) is 16.0 Å². The van der Waals surface area contributed by atoms with E-state index in [0.29, 0.717) is 4.32 Å². The Hall–Kier alpha value is -2.70. The van der Waals surface area contributed by atoms with E-state index in [1.807, 2.05) is 18.2 Å². The molecule has 7 N–H and O–H groups in total. The second-order valence-electron chi connectivity index (χ2n) is 5.80. The Morgan fingerprint density at radius 3 is 2.38 bits per heavy atom. The molecule has 1 aromatic carbocycles. The molecule has 0 aliphatic carbocycles. The number of carboxylic acid groups (broad SMARTS) is 2. The molecule has 2 amide bonds. The Kier molecular flexibility index (Phi) is 10.7. The molecule has 29 heavy (non-hydrogen) atoms. The van der Waals surface area contributed by atoms with Crippen LogP contribution >= 0.6 is 24.0 Å². The lowest BCUT2D eigenvalue weighted by Gasteiger charge is -2.18. The zero-order chi connectivity index (χ0) is 21.8. The van der Waals surface area contributed by atoms with Crippen LogP contribution in [0.25, 0.3) is 0 Å². The lowest BCUT2D eigenvalue weighted by atomic mass is 10.1. The summed E-state index contributed by atoms with van der Waals surface area (Å²) < 4.78 is 0.356. The van der Waals surface area contributed by atoms with E-state index in [4.69, 9.17) is 28.2 Å². The zero-order valence-electron chi connectivity index (χ0n) is 15.3. The van der Waals surface area contributed by atoms with E-state index in [-0.39, 0.29) is 18.6 Å². The van der Waals surface area contributed by atoms with Crippen LogP contribution in [0.1, 0.15) is 12.8 Å². The number of nitrogens with two attached hydrogens (primary N) is 1. The molecule has 158 valence electrons. The molecule has 10 nitrogen and oxygen atoms in total. The molecule has 0 bridgehead atoms. The summed E-state index contributed by atoms with van der Waals surface area (Å²) in [5, 5.41) is 25.1. The predicted octanol–water partition coefficient (Wildman–Crippen LogP) is -0.00570. The van der Waals surface area contributed by atoms with Crippen molar-refractivity contribution in [2.75, 3.05) is 17.6 Å². The van der Waals surface area contributed by atoms with E-state index >= 15 is 0 Å². The van der Waals surface area contributed by atoms with Crippen molar-refractivity contribution < 1.29 is 29.4 Å². The number of hydrogen-bond donors (Lipinski definition) is 6. The number of thioether (sulfide) groups is 1. The highest BCUT2D eigenvalue weighted by molar-refractivity contribution is 8.23. The molecule has 0 saturated heterocycles. The normalized spacial score (nSPS) is 12.3. The molecule has 2 unspecified atom stereocenters. The molecular formula is C17H22N4O6S2. The van der Waals surface area contributed by atoms with Crippen LogP contribution in [0.15, 0.2) is 30.3 Å². The van der Waals surface area contributed by atoms with Crippen molar-refractivity contribution in [3.8, 4) is 0 Å². The van der Waals surface area contributed by atoms with Gasteiger partial charge in [0.1, 0.15) is 22.9 Å². The van der Waals surface area contributed by atoms with Gasteiger partial charge >= 0.3 is 11.9 Å². The van der Waals surface area contributed by atoms with Crippen LogP contribution < -0.4 is 21.7 Å². The first kappa shape index (κ1) is 24.3. The highest BCUT2D eigenvalue weighted by Gasteiger charge is 2.23. The Morgan fingerprint density at radius 2 is 1.79 bits per heavy atom. The Balaban J connectivity index is 2.63. The standard InChI is InChI=1S/C17H22N4O6S2/c18-11(16(26)27)6-7-13(22)21-12(15(25)19-8-14(23)24)9-29-17(28)20-10-4-2-1-3-5-10/h1-5,11-12H,6-9,18H2,(H,19,25)(H,20,28)(H,21,22)(H,23,24)(H,26,27). The van der Waals surface area contributed by atoms with E-state index in [0.717, 1.165) is 17.4 Å². The minimum Gasteiger partial charge on any atom is -0.480 e. The second kappa shape index (κ2) is 12.7. The molecule has 0 fully saturated rings. The second-order valence-corrected chi connectivity index (χ2v) is 7.50. The van der Waals surface area contributed by atoms with Gasteiger partial charge in [0, 0.05) is 17.9 Å². The molecule has 1 rings (SSSR count). The van der Waals surface area contributed by atoms with Crippen LogP contribution in [0.3, 0.4) is 0 Å². The van der Waals surface area contributed by atoms with Crippen molar-refractivity contribution in [1.29, 1.82) is 0 Å². The van der Waals surface area contributed by atoms with Gasteiger partial charge in [0.2, 0.25) is 11.8 Å². The topological polar surface area (TPSA) is 171 Å². The van der Waals surface area contributed by atoms with Crippen LogP contribution in [0, 0.1) is 0 Å². The SMILES string of the molecule is NC(CCC(=O)NC(CSC(=S)Nc1ccccc1)C(=O)NCC(=O)O)C(=O)O. The fourth-order valence-electron chi connectivity index (χ4n) is 1.98. The molecule has 2 atom stereocenters. The number of thiocarbonyl (C=S) groups is 1. The van der Waals surface area contributed by atoms with Crippen LogP contribution in [0.4, 0.5) is 5.69 Å². The molecule has 0 aromatic heterocycles. The van der Waals surface area contributed by atoms with Gasteiger partial charge in [0.25, 0.3) is 0 Å². The van der Waals surface area contributed by atoms with Gasteiger partial charge in [-0.3, -0.25) is 19.2 Å². The van der Waals surface area contributed by atoms with Gasteiger partial charge < -0.3 is 31.9 Å². The number of para-hydroxylation sites is 1. The summed E-state index contributed by atoms with van der Waals surface area (Å²) in [6, 6.07) is 6.82. The molecule has 0 spiro atoms. The number of carbonyl (C=O) groups excluding carboxylic acids is 2. The van der Waals surface area contributed by atoms with Crippen molar-refractivity contribution in [3.63, 3.8) is 0 Å². The van der Waals surface area contributed by atoms with Gasteiger partial charge in [-0.1, -0.05) is 42.2 Å². The number of nitrogens with one attached hydrogen (secondary N) is 3. The van der Waals surface area contributed by atoms with Gasteiger partial charge in [0.05, 0.1) is 0 Å². The van der Waals surface area contributed by atoms with Gasteiger partial charge in [-0.2, -0.15) is 0 Å². The summed E-state index contributed by atoms with van der Waals surface area (Å²) in [7, 11) is 0. The fourth-order valence-corrected chi connectivity index (χ4v) is 3.04. The minimum atomic E-state index is -1.23. The van der Waals surface area contributed by atoms with Crippen LogP contribution in [0.5, 0.6) is 0 Å². The first-order chi connectivity index (χ1) is 13.7.